The zero-order valence-corrected chi connectivity index (χ0v) is 11.6. The van der Waals surface area contributed by atoms with Crippen LogP contribution in [0.2, 0.25) is 0 Å². The summed E-state index contributed by atoms with van der Waals surface area (Å²) in [7, 11) is 1.73. The molecule has 6 nitrogen and oxygen atoms in total. The molecule has 0 aliphatic heterocycles. The van der Waals surface area contributed by atoms with Crippen molar-refractivity contribution in [2.75, 3.05) is 7.05 Å². The Morgan fingerprint density at radius 3 is 3.00 bits per heavy atom. The molecule has 1 atom stereocenters. The Bertz CT molecular complexity index is 538. The average molecular weight is 281 g/mol. The third-order valence-corrected chi connectivity index (χ3v) is 3.52. The van der Waals surface area contributed by atoms with Crippen molar-refractivity contribution < 1.29 is 14.4 Å². The second-order valence-electron chi connectivity index (χ2n) is 4.20. The summed E-state index contributed by atoms with van der Waals surface area (Å²) in [6.07, 6.45) is 0.525. The van der Waals surface area contributed by atoms with Crippen LogP contribution in [0.3, 0.4) is 0 Å². The highest BCUT2D eigenvalue weighted by Gasteiger charge is 2.22. The summed E-state index contributed by atoms with van der Waals surface area (Å²) in [5.74, 6) is 0.110. The Hall–Kier alpha value is -1.73. The van der Waals surface area contributed by atoms with E-state index in [-0.39, 0.29) is 0 Å². The van der Waals surface area contributed by atoms with E-state index < -0.39 is 12.0 Å². The van der Waals surface area contributed by atoms with Crippen LogP contribution < -0.4 is 0 Å². The number of carboxylic acids is 1. The maximum absolute atomic E-state index is 11.0. The van der Waals surface area contributed by atoms with Crippen molar-refractivity contribution in [2.45, 2.75) is 25.9 Å². The van der Waals surface area contributed by atoms with E-state index in [4.69, 9.17) is 9.63 Å². The largest absolute Gasteiger partial charge is 0.480 e. The molecule has 0 aliphatic rings. The first-order valence-electron chi connectivity index (χ1n) is 5.90. The van der Waals surface area contributed by atoms with E-state index in [9.17, 15) is 4.79 Å². The molecule has 0 radical (unpaired) electrons. The lowest BCUT2D eigenvalue weighted by Gasteiger charge is -2.21. The Kier molecular flexibility index (Phi) is 4.28. The number of carbonyl (C=O) groups is 1. The number of likely N-dealkylation sites (N-methyl/N-ethyl adjacent to an activating group) is 1. The third kappa shape index (κ3) is 3.18. The lowest BCUT2D eigenvalue weighted by Crippen LogP contribution is -2.37. The fourth-order valence-electron chi connectivity index (χ4n) is 1.83. The molecule has 1 N–H and O–H groups in total. The first kappa shape index (κ1) is 13.7. The van der Waals surface area contributed by atoms with Gasteiger partial charge in [-0.15, -0.1) is 0 Å². The van der Waals surface area contributed by atoms with Crippen LogP contribution in [-0.2, 0) is 11.3 Å². The van der Waals surface area contributed by atoms with Crippen molar-refractivity contribution in [1.29, 1.82) is 0 Å². The van der Waals surface area contributed by atoms with Crippen molar-refractivity contribution in [2.24, 2.45) is 0 Å². The molecule has 0 spiro atoms. The van der Waals surface area contributed by atoms with Gasteiger partial charge in [0.05, 0.1) is 6.54 Å². The van der Waals surface area contributed by atoms with Gasteiger partial charge < -0.3 is 9.63 Å². The smallest absolute Gasteiger partial charge is 0.320 e. The fraction of sp³-hybridized carbons (Fsp3) is 0.417. The molecule has 0 fully saturated rings. The molecular weight excluding hydrogens is 266 g/mol. The molecule has 19 heavy (non-hydrogen) atoms. The second-order valence-corrected chi connectivity index (χ2v) is 4.98. The summed E-state index contributed by atoms with van der Waals surface area (Å²) in [6.45, 7) is 2.15. The van der Waals surface area contributed by atoms with E-state index in [1.54, 1.807) is 23.3 Å². The zero-order valence-electron chi connectivity index (χ0n) is 10.7. The Morgan fingerprint density at radius 1 is 1.63 bits per heavy atom. The molecule has 2 aromatic heterocycles. The van der Waals surface area contributed by atoms with Gasteiger partial charge in [-0.25, -0.2) is 0 Å². The Labute approximate surface area is 114 Å². The number of rotatable bonds is 6. The van der Waals surface area contributed by atoms with Crippen LogP contribution in [0.25, 0.3) is 11.4 Å². The lowest BCUT2D eigenvalue weighted by atomic mass is 10.2. The van der Waals surface area contributed by atoms with E-state index in [2.05, 4.69) is 10.1 Å². The first-order chi connectivity index (χ1) is 9.11. The standard InChI is InChI=1S/C12H15N3O3S/c1-3-9(12(16)17)15(2)6-10-13-11(14-18-10)8-4-5-19-7-8/h4-5,7,9H,3,6H2,1-2H3,(H,16,17). The molecule has 102 valence electrons. The molecular formula is C12H15N3O3S. The number of carboxylic acid groups (broad SMARTS) is 1. The summed E-state index contributed by atoms with van der Waals surface area (Å²) in [5.41, 5.74) is 0.910. The third-order valence-electron chi connectivity index (χ3n) is 2.84. The van der Waals surface area contributed by atoms with Crippen LogP contribution in [0.5, 0.6) is 0 Å². The van der Waals surface area contributed by atoms with Crippen molar-refractivity contribution in [3.05, 3.63) is 22.7 Å². The van der Waals surface area contributed by atoms with Crippen LogP contribution in [0, 0.1) is 0 Å². The molecule has 2 aromatic rings. The van der Waals surface area contributed by atoms with Crippen LogP contribution in [0.15, 0.2) is 21.3 Å². The van der Waals surface area contributed by atoms with Gasteiger partial charge in [0.1, 0.15) is 6.04 Å². The molecule has 0 aromatic carbocycles. The van der Waals surface area contributed by atoms with Crippen molar-refractivity contribution in [3.8, 4) is 11.4 Å². The van der Waals surface area contributed by atoms with Gasteiger partial charge in [0.25, 0.3) is 0 Å². The predicted molar refractivity (Wildman–Crippen MR) is 70.8 cm³/mol. The molecule has 2 rings (SSSR count). The topological polar surface area (TPSA) is 79.5 Å². The van der Waals surface area contributed by atoms with Crippen molar-refractivity contribution in [3.63, 3.8) is 0 Å². The maximum Gasteiger partial charge on any atom is 0.320 e. The number of aliphatic carboxylic acids is 1. The van der Waals surface area contributed by atoms with Gasteiger partial charge in [-0.2, -0.15) is 16.3 Å². The number of hydrogen-bond donors (Lipinski definition) is 1. The first-order valence-corrected chi connectivity index (χ1v) is 6.84. The van der Waals surface area contributed by atoms with E-state index in [0.717, 1.165) is 5.56 Å². The predicted octanol–water partition coefficient (Wildman–Crippen LogP) is 2.09. The van der Waals surface area contributed by atoms with Gasteiger partial charge in [0.15, 0.2) is 0 Å². The zero-order chi connectivity index (χ0) is 13.8. The van der Waals surface area contributed by atoms with E-state index in [1.807, 2.05) is 23.8 Å². The molecule has 7 heteroatoms. The Balaban J connectivity index is 2.06. The monoisotopic (exact) mass is 281 g/mol. The van der Waals surface area contributed by atoms with E-state index in [0.29, 0.717) is 24.7 Å². The lowest BCUT2D eigenvalue weighted by molar-refractivity contribution is -0.143. The van der Waals surface area contributed by atoms with Gasteiger partial charge >= 0.3 is 5.97 Å². The molecule has 0 amide bonds. The highest BCUT2D eigenvalue weighted by atomic mass is 32.1. The normalized spacial score (nSPS) is 12.8. The minimum atomic E-state index is -0.845. The highest BCUT2D eigenvalue weighted by Crippen LogP contribution is 2.19. The molecule has 0 bridgehead atoms. The van der Waals surface area contributed by atoms with Crippen molar-refractivity contribution >= 4 is 17.3 Å². The van der Waals surface area contributed by atoms with Crippen LogP contribution >= 0.6 is 11.3 Å². The summed E-state index contributed by atoms with van der Waals surface area (Å²) < 4.78 is 5.14. The molecule has 0 saturated heterocycles. The number of thiophene rings is 1. The molecule has 0 saturated carbocycles. The van der Waals surface area contributed by atoms with Crippen LogP contribution in [-0.4, -0.2) is 39.2 Å². The van der Waals surface area contributed by atoms with Gasteiger partial charge in [-0.05, 0) is 24.9 Å². The molecule has 1 unspecified atom stereocenters. The summed E-state index contributed by atoms with van der Waals surface area (Å²) in [5, 5.41) is 16.8. The Morgan fingerprint density at radius 2 is 2.42 bits per heavy atom. The fourth-order valence-corrected chi connectivity index (χ4v) is 2.46. The summed E-state index contributed by atoms with van der Waals surface area (Å²) >= 11 is 1.56. The number of hydrogen-bond acceptors (Lipinski definition) is 6. The molecule has 0 aliphatic carbocycles. The highest BCUT2D eigenvalue weighted by molar-refractivity contribution is 7.08. The van der Waals surface area contributed by atoms with Crippen LogP contribution in [0.1, 0.15) is 19.2 Å². The van der Waals surface area contributed by atoms with Gasteiger partial charge in [-0.3, -0.25) is 9.69 Å². The second kappa shape index (κ2) is 5.94. The van der Waals surface area contributed by atoms with Crippen molar-refractivity contribution in [1.82, 2.24) is 15.0 Å². The van der Waals surface area contributed by atoms with Crippen LogP contribution in [0.4, 0.5) is 0 Å². The SMILES string of the molecule is CCC(C(=O)O)N(C)Cc1nc(-c2ccsc2)no1. The number of aromatic nitrogens is 2. The maximum atomic E-state index is 11.0. The number of nitrogens with zero attached hydrogens (tertiary/aromatic N) is 3. The quantitative estimate of drug-likeness (QED) is 0.873. The minimum Gasteiger partial charge on any atom is -0.480 e. The van der Waals surface area contributed by atoms with Gasteiger partial charge in [0, 0.05) is 10.9 Å². The van der Waals surface area contributed by atoms with E-state index in [1.165, 1.54) is 0 Å². The summed E-state index contributed by atoms with van der Waals surface area (Å²) in [6, 6.07) is 1.37. The van der Waals surface area contributed by atoms with Gasteiger partial charge in [-0.1, -0.05) is 12.1 Å². The van der Waals surface area contributed by atoms with E-state index >= 15 is 0 Å². The van der Waals surface area contributed by atoms with Gasteiger partial charge in [0.2, 0.25) is 11.7 Å². The molecule has 2 heterocycles. The average Bonchev–Trinajstić information content (AvgIpc) is 2.98. The summed E-state index contributed by atoms with van der Waals surface area (Å²) in [4.78, 5) is 17.0. The minimum absolute atomic E-state index is 0.321.